The molecule has 0 heterocycles. The number of benzene rings is 10. The Balaban J connectivity index is 0.000000173. The van der Waals surface area contributed by atoms with Gasteiger partial charge in [-0.25, -0.2) is 0 Å². The first-order valence-corrected chi connectivity index (χ1v) is 30.3. The van der Waals surface area contributed by atoms with Crippen LogP contribution < -0.4 is 0 Å². The van der Waals surface area contributed by atoms with E-state index >= 15 is 0 Å². The van der Waals surface area contributed by atoms with Crippen molar-refractivity contribution in [1.29, 1.82) is 5.26 Å². The maximum absolute atomic E-state index is 9.02. The average Bonchev–Trinajstić information content (AvgIpc) is 3.59. The van der Waals surface area contributed by atoms with E-state index in [0.717, 1.165) is 16.7 Å². The Morgan fingerprint density at radius 3 is 0.988 bits per heavy atom. The van der Waals surface area contributed by atoms with Gasteiger partial charge in [-0.15, -0.1) is 0 Å². The number of aryl methyl sites for hydroxylation is 7. The Bertz CT molecular complexity index is 3730. The summed E-state index contributed by atoms with van der Waals surface area (Å²) >= 11 is 0. The van der Waals surface area contributed by atoms with Crippen molar-refractivity contribution in [1.82, 2.24) is 0 Å². The highest BCUT2D eigenvalue weighted by molar-refractivity contribution is 5.73. The quantitative estimate of drug-likeness (QED) is 0.168. The summed E-state index contributed by atoms with van der Waals surface area (Å²) < 4.78 is 0. The number of hydrogen-bond acceptors (Lipinski definition) is 1. The fourth-order valence-corrected chi connectivity index (χ4v) is 10.3. The molecule has 0 N–H and O–H groups in total. The van der Waals surface area contributed by atoms with Crippen LogP contribution in [0.4, 0.5) is 0 Å². The van der Waals surface area contributed by atoms with E-state index in [9.17, 15) is 0 Å². The molecule has 0 atom stereocenters. The zero-order chi connectivity index (χ0) is 62.3. The molecule has 0 aliphatic carbocycles. The number of rotatable bonds is 5. The van der Waals surface area contributed by atoms with Gasteiger partial charge >= 0.3 is 0 Å². The lowest BCUT2D eigenvalue weighted by molar-refractivity contribution is 0.569. The standard InChI is InChI=1S/C25H36.C17H20.C14H11N.2C14H14/c1-17-11-18(13-20(12-17)23(2,3)4)19-14-21(24(5,6)7)16-22(15-19)25(8,9)10;1-13-10-15(14-8-6-5-7-9-14)12-16(11-13)17(2,3)4;1-11-7-8-13(10-15)14(9-11)12-5-3-2-4-6-12;1-11-7-6-8-12(2)14(11)13-9-4-3-5-10-13;1-11-8-9-14(12(2)10-11)13-6-4-3-5-7-13/h11-16H,1-10H3;5-12H,1-4H3;2-9H,1H3;2*3-10H,1-2H3. The van der Waals surface area contributed by atoms with Gasteiger partial charge in [0.25, 0.3) is 0 Å². The molecule has 0 aliphatic heterocycles. The van der Waals surface area contributed by atoms with Crippen molar-refractivity contribution >= 4 is 0 Å². The van der Waals surface area contributed by atoms with Gasteiger partial charge in [0.15, 0.2) is 0 Å². The summed E-state index contributed by atoms with van der Waals surface area (Å²) in [6.45, 7) is 42.5. The van der Waals surface area contributed by atoms with E-state index in [0.29, 0.717) is 0 Å². The van der Waals surface area contributed by atoms with Gasteiger partial charge in [-0.05, 0) is 171 Å². The maximum Gasteiger partial charge on any atom is 0.0998 e. The van der Waals surface area contributed by atoms with E-state index in [1.807, 2.05) is 61.5 Å². The first-order valence-electron chi connectivity index (χ1n) is 30.3. The summed E-state index contributed by atoms with van der Waals surface area (Å²) in [5.41, 5.74) is 28.9. The van der Waals surface area contributed by atoms with Crippen molar-refractivity contribution in [2.24, 2.45) is 0 Å². The normalized spacial score (nSPS) is 11.2. The molecule has 436 valence electrons. The molecule has 0 aliphatic rings. The third-order valence-electron chi connectivity index (χ3n) is 15.4. The van der Waals surface area contributed by atoms with Crippen LogP contribution in [-0.2, 0) is 21.7 Å². The van der Waals surface area contributed by atoms with Gasteiger partial charge in [-0.1, -0.05) is 330 Å². The fourth-order valence-electron chi connectivity index (χ4n) is 10.3. The molecule has 1 nitrogen and oxygen atoms in total. The van der Waals surface area contributed by atoms with Gasteiger partial charge in [0.05, 0.1) is 11.6 Å². The predicted molar refractivity (Wildman–Crippen MR) is 372 cm³/mol. The Morgan fingerprint density at radius 2 is 0.588 bits per heavy atom. The fraction of sp³-hybridized carbons (Fsp3) is 0.274. The molecule has 10 aromatic carbocycles. The number of nitriles is 1. The van der Waals surface area contributed by atoms with E-state index in [4.69, 9.17) is 5.26 Å². The Kier molecular flexibility index (Phi) is 22.5. The van der Waals surface area contributed by atoms with E-state index < -0.39 is 0 Å². The second kappa shape index (κ2) is 29.0. The molecule has 0 amide bonds. The van der Waals surface area contributed by atoms with Crippen LogP contribution >= 0.6 is 0 Å². The van der Waals surface area contributed by atoms with Gasteiger partial charge in [0.1, 0.15) is 0 Å². The smallest absolute Gasteiger partial charge is 0.0998 e. The van der Waals surface area contributed by atoms with Crippen LogP contribution in [0.2, 0.25) is 0 Å². The van der Waals surface area contributed by atoms with Crippen LogP contribution in [0.5, 0.6) is 0 Å². The topological polar surface area (TPSA) is 23.8 Å². The van der Waals surface area contributed by atoms with Gasteiger partial charge < -0.3 is 0 Å². The van der Waals surface area contributed by atoms with Gasteiger partial charge in [-0.3, -0.25) is 0 Å². The first kappa shape index (κ1) is 65.8. The lowest BCUT2D eigenvalue weighted by Crippen LogP contribution is -2.16. The molecule has 10 aromatic rings. The van der Waals surface area contributed by atoms with Gasteiger partial charge in [0, 0.05) is 0 Å². The zero-order valence-corrected chi connectivity index (χ0v) is 54.9. The van der Waals surface area contributed by atoms with Crippen LogP contribution in [0, 0.1) is 59.8 Å². The second-order valence-corrected chi connectivity index (χ2v) is 27.2. The van der Waals surface area contributed by atoms with E-state index in [2.05, 4.69) is 307 Å². The number of nitrogens with zero attached hydrogens (tertiary/aromatic N) is 1. The van der Waals surface area contributed by atoms with Crippen molar-refractivity contribution in [3.8, 4) is 61.7 Å². The lowest BCUT2D eigenvalue weighted by atomic mass is 9.78. The lowest BCUT2D eigenvalue weighted by Gasteiger charge is -2.27. The highest BCUT2D eigenvalue weighted by Crippen LogP contribution is 2.37. The largest absolute Gasteiger partial charge is 0.192 e. The molecule has 10 rings (SSSR count). The summed E-state index contributed by atoms with van der Waals surface area (Å²) in [6.07, 6.45) is 0. The molecule has 0 bridgehead atoms. The molecule has 0 spiro atoms. The summed E-state index contributed by atoms with van der Waals surface area (Å²) in [6, 6.07) is 83.8. The van der Waals surface area contributed by atoms with E-state index in [-0.39, 0.29) is 21.7 Å². The minimum Gasteiger partial charge on any atom is -0.192 e. The second-order valence-electron chi connectivity index (χ2n) is 27.2. The van der Waals surface area contributed by atoms with Crippen molar-refractivity contribution in [2.75, 3.05) is 0 Å². The summed E-state index contributed by atoms with van der Waals surface area (Å²) in [7, 11) is 0. The number of hydrogen-bond donors (Lipinski definition) is 0. The van der Waals surface area contributed by atoms with Gasteiger partial charge in [0.2, 0.25) is 0 Å². The first-order chi connectivity index (χ1) is 40.0. The van der Waals surface area contributed by atoms with Crippen molar-refractivity contribution in [3.05, 3.63) is 297 Å². The molecule has 85 heavy (non-hydrogen) atoms. The zero-order valence-electron chi connectivity index (χ0n) is 54.9. The van der Waals surface area contributed by atoms with Crippen LogP contribution in [0.1, 0.15) is 150 Å². The van der Waals surface area contributed by atoms with E-state index in [1.165, 1.54) is 106 Å². The molecular weight excluding hydrogens is 1020 g/mol. The Labute approximate surface area is 514 Å². The minimum absolute atomic E-state index is 0.146. The average molecular weight is 1120 g/mol. The molecule has 0 saturated heterocycles. The van der Waals surface area contributed by atoms with E-state index in [1.54, 1.807) is 0 Å². The Morgan fingerprint density at radius 1 is 0.247 bits per heavy atom. The van der Waals surface area contributed by atoms with Crippen LogP contribution in [0.25, 0.3) is 55.6 Å². The molecule has 0 fully saturated rings. The van der Waals surface area contributed by atoms with Crippen molar-refractivity contribution in [2.45, 2.75) is 153 Å². The molecular formula is C84H95N. The molecule has 1 heteroatoms. The highest BCUT2D eigenvalue weighted by Gasteiger charge is 2.22. The maximum atomic E-state index is 9.02. The molecule has 0 saturated carbocycles. The van der Waals surface area contributed by atoms with Crippen molar-refractivity contribution in [3.63, 3.8) is 0 Å². The predicted octanol–water partition coefficient (Wildman–Crippen LogP) is 24.0. The summed E-state index contributed by atoms with van der Waals surface area (Å²) in [5.74, 6) is 0. The summed E-state index contributed by atoms with van der Waals surface area (Å²) in [5, 5.41) is 9.02. The van der Waals surface area contributed by atoms with Gasteiger partial charge in [-0.2, -0.15) is 5.26 Å². The van der Waals surface area contributed by atoms with Crippen molar-refractivity contribution < 1.29 is 0 Å². The van der Waals surface area contributed by atoms with Crippen LogP contribution in [-0.4, -0.2) is 0 Å². The third kappa shape index (κ3) is 19.4. The Hall–Kier alpha value is -8.31. The SMILES string of the molecule is Cc1cc(-c2cc(C(C)(C)C)cc(C(C)(C)C)c2)cc(C(C)(C)C)c1.Cc1cc(-c2ccccc2)cc(C(C)(C)C)c1.Cc1ccc(-c2ccccc2)c(C)c1.Cc1ccc(C#N)c(-c2ccccc2)c1.Cc1cccc(C)c1-c1ccccc1. The molecule has 0 unspecified atom stereocenters. The van der Waals surface area contributed by atoms with Crippen LogP contribution in [0.15, 0.2) is 231 Å². The monoisotopic (exact) mass is 1120 g/mol. The van der Waals surface area contributed by atoms with Crippen LogP contribution in [0.3, 0.4) is 0 Å². The minimum atomic E-state index is 0.146. The third-order valence-corrected chi connectivity index (χ3v) is 15.4. The molecule has 0 radical (unpaired) electrons. The summed E-state index contributed by atoms with van der Waals surface area (Å²) in [4.78, 5) is 0. The molecule has 0 aromatic heterocycles. The highest BCUT2D eigenvalue weighted by atomic mass is 14.3.